The molecule has 6 heteroatoms. The van der Waals surface area contributed by atoms with Gasteiger partial charge in [0.05, 0.1) is 0 Å². The summed E-state index contributed by atoms with van der Waals surface area (Å²) in [7, 11) is 0. The smallest absolute Gasteiger partial charge is 0.326 e. The molecular weight excluding hydrogens is 368 g/mol. The molecule has 0 rings (SSSR count). The zero-order chi connectivity index (χ0) is 22.5. The van der Waals surface area contributed by atoms with Crippen LogP contribution in [0.4, 0.5) is 0 Å². The molecule has 1 amide bonds. The van der Waals surface area contributed by atoms with Crippen LogP contribution in [0.3, 0.4) is 0 Å². The molecule has 0 fully saturated rings. The fourth-order valence-electron chi connectivity index (χ4n) is 3.06. The Morgan fingerprint density at radius 1 is 0.931 bits per heavy atom. The van der Waals surface area contributed by atoms with Gasteiger partial charge in [0.25, 0.3) is 0 Å². The summed E-state index contributed by atoms with van der Waals surface area (Å²) in [6, 6.07) is -1.000. The topological polar surface area (TPSA) is 95.5 Å². The number of nitrogens with one attached hydrogen (secondary N) is 2. The normalized spacial score (nSPS) is 13.2. The molecule has 3 N–H and O–H groups in total. The molecular formula is C23H44N2O4. The third-order valence-corrected chi connectivity index (χ3v) is 5.77. The first-order chi connectivity index (χ1) is 13.4. The molecule has 0 saturated carbocycles. The molecule has 0 aromatic carbocycles. The first-order valence-electron chi connectivity index (χ1n) is 11.3. The molecule has 0 aromatic heterocycles. The van der Waals surface area contributed by atoms with Crippen LogP contribution >= 0.6 is 0 Å². The average molecular weight is 413 g/mol. The number of Topliss-reactive ketones (excluding diaryl/α,β-unsaturated/α-hetero) is 1. The van der Waals surface area contributed by atoms with E-state index < -0.39 is 17.4 Å². The van der Waals surface area contributed by atoms with Gasteiger partial charge < -0.3 is 15.7 Å². The maximum atomic E-state index is 12.2. The first-order valence-corrected chi connectivity index (χ1v) is 11.3. The zero-order valence-electron chi connectivity index (χ0n) is 19.5. The second-order valence-electron chi connectivity index (χ2n) is 9.38. The molecule has 0 heterocycles. The van der Waals surface area contributed by atoms with Crippen molar-refractivity contribution in [1.29, 1.82) is 0 Å². The number of carboxylic acid groups (broad SMARTS) is 1. The van der Waals surface area contributed by atoms with Gasteiger partial charge in [0.15, 0.2) is 0 Å². The van der Waals surface area contributed by atoms with Crippen molar-refractivity contribution in [3.05, 3.63) is 0 Å². The molecule has 0 aliphatic rings. The van der Waals surface area contributed by atoms with Gasteiger partial charge in [-0.2, -0.15) is 0 Å². The SMILES string of the molecule is CCCCC(C)(C)NCCCCCC(=O)NC(CCC(=O)C(C)(C)CC)C(=O)O. The van der Waals surface area contributed by atoms with E-state index >= 15 is 0 Å². The predicted octanol–water partition coefficient (Wildman–Crippen LogP) is 4.46. The third kappa shape index (κ3) is 12.7. The van der Waals surface area contributed by atoms with Crippen molar-refractivity contribution in [3.63, 3.8) is 0 Å². The Labute approximate surface area is 177 Å². The van der Waals surface area contributed by atoms with Gasteiger partial charge in [-0.1, -0.05) is 47.0 Å². The summed E-state index contributed by atoms with van der Waals surface area (Å²) < 4.78 is 0. The van der Waals surface area contributed by atoms with E-state index in [1.54, 1.807) is 0 Å². The fourth-order valence-corrected chi connectivity index (χ4v) is 3.06. The molecule has 6 nitrogen and oxygen atoms in total. The molecule has 0 bridgehead atoms. The number of hydrogen-bond acceptors (Lipinski definition) is 4. The van der Waals surface area contributed by atoms with Crippen LogP contribution in [0.25, 0.3) is 0 Å². The Balaban J connectivity index is 4.13. The van der Waals surface area contributed by atoms with Crippen LogP contribution in [-0.2, 0) is 14.4 Å². The highest BCUT2D eigenvalue weighted by Gasteiger charge is 2.27. The summed E-state index contributed by atoms with van der Waals surface area (Å²) in [6.07, 6.45) is 7.54. The van der Waals surface area contributed by atoms with Gasteiger partial charge in [-0.05, 0) is 52.5 Å². The molecule has 29 heavy (non-hydrogen) atoms. The molecule has 170 valence electrons. The van der Waals surface area contributed by atoms with Crippen molar-refractivity contribution < 1.29 is 19.5 Å². The number of aliphatic carboxylic acids is 1. The molecule has 0 aromatic rings. The van der Waals surface area contributed by atoms with Crippen molar-refractivity contribution in [2.75, 3.05) is 6.54 Å². The van der Waals surface area contributed by atoms with Gasteiger partial charge in [0.1, 0.15) is 11.8 Å². The molecule has 0 aliphatic carbocycles. The van der Waals surface area contributed by atoms with Gasteiger partial charge >= 0.3 is 5.97 Å². The molecule has 1 unspecified atom stereocenters. The minimum Gasteiger partial charge on any atom is -0.480 e. The van der Waals surface area contributed by atoms with Crippen LogP contribution in [0, 0.1) is 5.41 Å². The lowest BCUT2D eigenvalue weighted by Gasteiger charge is -2.26. The van der Waals surface area contributed by atoms with E-state index in [0.29, 0.717) is 12.8 Å². The lowest BCUT2D eigenvalue weighted by atomic mass is 9.83. The van der Waals surface area contributed by atoms with Crippen molar-refractivity contribution >= 4 is 17.7 Å². The molecule has 0 radical (unpaired) electrons. The Hall–Kier alpha value is -1.43. The summed E-state index contributed by atoms with van der Waals surface area (Å²) in [5.41, 5.74) is -0.307. The van der Waals surface area contributed by atoms with Gasteiger partial charge in [0, 0.05) is 23.8 Å². The number of ketones is 1. The maximum absolute atomic E-state index is 12.2. The highest BCUT2D eigenvalue weighted by Crippen LogP contribution is 2.23. The number of hydrogen-bond donors (Lipinski definition) is 3. The summed E-state index contributed by atoms with van der Waals surface area (Å²) in [5.74, 6) is -1.30. The van der Waals surface area contributed by atoms with E-state index in [1.807, 2.05) is 20.8 Å². The van der Waals surface area contributed by atoms with E-state index in [9.17, 15) is 19.5 Å². The standard InChI is InChI=1S/C23H44N2O4/c1-7-9-16-23(5,6)24-17-12-10-11-13-20(27)25-18(21(28)29)14-15-19(26)22(3,4)8-2/h18,24H,7-17H2,1-6H3,(H,25,27)(H,28,29). The van der Waals surface area contributed by atoms with E-state index in [1.165, 1.54) is 12.8 Å². The van der Waals surface area contributed by atoms with Crippen molar-refractivity contribution in [2.24, 2.45) is 5.41 Å². The van der Waals surface area contributed by atoms with E-state index in [4.69, 9.17) is 0 Å². The highest BCUT2D eigenvalue weighted by atomic mass is 16.4. The van der Waals surface area contributed by atoms with E-state index in [2.05, 4.69) is 31.4 Å². The Morgan fingerprint density at radius 3 is 2.14 bits per heavy atom. The van der Waals surface area contributed by atoms with Crippen LogP contribution < -0.4 is 10.6 Å². The number of rotatable bonds is 17. The van der Waals surface area contributed by atoms with Crippen LogP contribution in [0.1, 0.15) is 106 Å². The largest absolute Gasteiger partial charge is 0.480 e. The summed E-state index contributed by atoms with van der Waals surface area (Å²) in [5, 5.41) is 15.5. The fraction of sp³-hybridized carbons (Fsp3) is 0.870. The van der Waals surface area contributed by atoms with Crippen LogP contribution in [0.15, 0.2) is 0 Å². The summed E-state index contributed by atoms with van der Waals surface area (Å²) >= 11 is 0. The minimum absolute atomic E-state index is 0.0369. The van der Waals surface area contributed by atoms with Crippen molar-refractivity contribution in [1.82, 2.24) is 10.6 Å². The van der Waals surface area contributed by atoms with Gasteiger partial charge in [-0.3, -0.25) is 9.59 Å². The zero-order valence-corrected chi connectivity index (χ0v) is 19.5. The summed E-state index contributed by atoms with van der Waals surface area (Å²) in [6.45, 7) is 13.2. The van der Waals surface area contributed by atoms with Crippen LogP contribution in [0.5, 0.6) is 0 Å². The Morgan fingerprint density at radius 2 is 1.59 bits per heavy atom. The summed E-state index contributed by atoms with van der Waals surface area (Å²) in [4.78, 5) is 35.7. The third-order valence-electron chi connectivity index (χ3n) is 5.77. The number of unbranched alkanes of at least 4 members (excludes halogenated alkanes) is 3. The van der Waals surface area contributed by atoms with Crippen LogP contribution in [0.2, 0.25) is 0 Å². The van der Waals surface area contributed by atoms with E-state index in [-0.39, 0.29) is 30.1 Å². The lowest BCUT2D eigenvalue weighted by molar-refractivity contribution is -0.142. The van der Waals surface area contributed by atoms with Gasteiger partial charge in [-0.25, -0.2) is 4.79 Å². The Bertz CT molecular complexity index is 515. The molecule has 1 atom stereocenters. The van der Waals surface area contributed by atoms with Gasteiger partial charge in [-0.15, -0.1) is 0 Å². The lowest BCUT2D eigenvalue weighted by Crippen LogP contribution is -2.41. The quantitative estimate of drug-likeness (QED) is 0.307. The van der Waals surface area contributed by atoms with Crippen LogP contribution in [-0.4, -0.2) is 40.9 Å². The predicted molar refractivity (Wildman–Crippen MR) is 118 cm³/mol. The first kappa shape index (κ1) is 27.6. The highest BCUT2D eigenvalue weighted by molar-refractivity contribution is 5.86. The number of amides is 1. The number of carbonyl (C=O) groups excluding carboxylic acids is 2. The Kier molecular flexibility index (Phi) is 13.1. The second-order valence-corrected chi connectivity index (χ2v) is 9.38. The molecule has 0 saturated heterocycles. The minimum atomic E-state index is -1.08. The number of carbonyl (C=O) groups is 3. The van der Waals surface area contributed by atoms with E-state index in [0.717, 1.165) is 32.2 Å². The average Bonchev–Trinajstić information content (AvgIpc) is 2.65. The maximum Gasteiger partial charge on any atom is 0.326 e. The van der Waals surface area contributed by atoms with Crippen molar-refractivity contribution in [3.8, 4) is 0 Å². The molecule has 0 spiro atoms. The van der Waals surface area contributed by atoms with Crippen molar-refractivity contribution in [2.45, 2.75) is 117 Å². The monoisotopic (exact) mass is 412 g/mol. The second kappa shape index (κ2) is 13.7. The van der Waals surface area contributed by atoms with Gasteiger partial charge in [0.2, 0.25) is 5.91 Å². The number of carboxylic acids is 1. The molecule has 0 aliphatic heterocycles.